The van der Waals surface area contributed by atoms with Gasteiger partial charge in [-0.15, -0.1) is 0 Å². The Morgan fingerprint density at radius 1 is 0.892 bits per heavy atom. The molecule has 0 aliphatic carbocycles. The first-order valence-electron chi connectivity index (χ1n) is 10.5. The number of aromatic nitrogens is 1. The highest BCUT2D eigenvalue weighted by molar-refractivity contribution is 5.97. The van der Waals surface area contributed by atoms with Crippen molar-refractivity contribution in [2.24, 2.45) is 5.10 Å². The molecule has 0 saturated heterocycles. The Morgan fingerprint density at radius 2 is 1.51 bits per heavy atom. The number of pyridine rings is 1. The highest BCUT2D eigenvalue weighted by atomic mass is 19.4. The normalized spacial score (nSPS) is 16.6. The van der Waals surface area contributed by atoms with Crippen LogP contribution in [0.3, 0.4) is 0 Å². The fraction of sp³-hybridized carbons (Fsp3) is 0.250. The van der Waals surface area contributed by atoms with E-state index in [9.17, 15) is 40.2 Å². The molecule has 1 unspecified atom stereocenters. The molecule has 0 spiro atoms. The molecule has 1 N–H and O–H groups in total. The molecule has 0 fully saturated rings. The molecule has 1 aromatic heterocycles. The van der Waals surface area contributed by atoms with Gasteiger partial charge in [0.15, 0.2) is 5.82 Å². The summed E-state index contributed by atoms with van der Waals surface area (Å²) >= 11 is 0. The lowest BCUT2D eigenvalue weighted by molar-refractivity contribution is -0.338. The van der Waals surface area contributed by atoms with E-state index in [2.05, 4.69) is 10.1 Å². The predicted octanol–water partition coefficient (Wildman–Crippen LogP) is 6.20. The Morgan fingerprint density at radius 3 is 2.03 bits per heavy atom. The molecule has 1 atom stereocenters. The summed E-state index contributed by atoms with van der Waals surface area (Å²) in [7, 11) is 1.43. The Hall–Kier alpha value is -3.74. The van der Waals surface area contributed by atoms with Crippen LogP contribution in [-0.2, 0) is 0 Å². The molecule has 5 nitrogen and oxygen atoms in total. The van der Waals surface area contributed by atoms with E-state index in [1.807, 2.05) is 0 Å². The molecule has 3 aromatic rings. The summed E-state index contributed by atoms with van der Waals surface area (Å²) in [5.74, 6) is -1.92. The quantitative estimate of drug-likeness (QED) is 0.399. The van der Waals surface area contributed by atoms with Gasteiger partial charge in [0.25, 0.3) is 5.60 Å². The van der Waals surface area contributed by atoms with Gasteiger partial charge >= 0.3 is 12.4 Å². The number of hydrazone groups is 1. The van der Waals surface area contributed by atoms with E-state index in [4.69, 9.17) is 4.74 Å². The molecule has 2 heterocycles. The van der Waals surface area contributed by atoms with E-state index < -0.39 is 53.4 Å². The molecule has 1 aliphatic heterocycles. The van der Waals surface area contributed by atoms with Gasteiger partial charge in [0.1, 0.15) is 5.82 Å². The van der Waals surface area contributed by atoms with Gasteiger partial charge in [0.2, 0.25) is 5.88 Å². The van der Waals surface area contributed by atoms with Crippen LogP contribution in [0.15, 0.2) is 65.9 Å². The molecule has 1 aliphatic rings. The van der Waals surface area contributed by atoms with Crippen molar-refractivity contribution in [2.75, 3.05) is 12.1 Å². The van der Waals surface area contributed by atoms with Gasteiger partial charge in [0, 0.05) is 30.3 Å². The molecule has 13 heteroatoms. The third kappa shape index (κ3) is 4.70. The van der Waals surface area contributed by atoms with Crippen molar-refractivity contribution in [3.63, 3.8) is 0 Å². The van der Waals surface area contributed by atoms with Crippen LogP contribution in [-0.4, -0.2) is 40.9 Å². The lowest BCUT2D eigenvalue weighted by Gasteiger charge is -2.32. The summed E-state index contributed by atoms with van der Waals surface area (Å²) in [6.45, 7) is 0. The second-order valence-electron chi connectivity index (χ2n) is 8.12. The van der Waals surface area contributed by atoms with Crippen LogP contribution in [0.1, 0.15) is 18.0 Å². The number of rotatable bonds is 5. The third-order valence-electron chi connectivity index (χ3n) is 5.88. The number of hydrogen-bond acceptors (Lipinski definition) is 5. The number of anilines is 1. The summed E-state index contributed by atoms with van der Waals surface area (Å²) in [4.78, 5) is 4.06. The van der Waals surface area contributed by atoms with Crippen LogP contribution in [0.2, 0.25) is 0 Å². The zero-order valence-corrected chi connectivity index (χ0v) is 18.8. The Bertz CT molecular complexity index is 1290. The van der Waals surface area contributed by atoms with Gasteiger partial charge in [-0.3, -0.25) is 5.01 Å². The molecule has 37 heavy (non-hydrogen) atoms. The molecule has 0 saturated carbocycles. The number of hydrogen-bond donors (Lipinski definition) is 1. The molecule has 4 rings (SSSR count). The topological polar surface area (TPSA) is 58.0 Å². The second kappa shape index (κ2) is 9.29. The zero-order chi connectivity index (χ0) is 27.2. The maximum absolute atomic E-state index is 14.6. The number of benzene rings is 2. The number of halogens is 8. The summed E-state index contributed by atoms with van der Waals surface area (Å²) in [5, 5.41) is 13.8. The van der Waals surface area contributed by atoms with E-state index in [1.54, 1.807) is 12.1 Å². The number of aliphatic hydroxyl groups is 1. The minimum absolute atomic E-state index is 0.166. The SMILES string of the molecule is COc1ccc(-c2ccc(C3CC(C(O)(C(F)(F)F)C(F)(F)F)=NN3c3ccc(F)cc3F)cc2)cn1. The van der Waals surface area contributed by atoms with E-state index in [0.717, 1.165) is 12.1 Å². The van der Waals surface area contributed by atoms with Crippen LogP contribution in [0.4, 0.5) is 40.8 Å². The molecule has 196 valence electrons. The van der Waals surface area contributed by atoms with Gasteiger partial charge in [-0.2, -0.15) is 31.4 Å². The maximum Gasteiger partial charge on any atom is 0.431 e. The summed E-state index contributed by atoms with van der Waals surface area (Å²) < 4.78 is 114. The number of alkyl halides is 6. The van der Waals surface area contributed by atoms with Gasteiger partial charge in [0.05, 0.1) is 24.6 Å². The van der Waals surface area contributed by atoms with E-state index in [1.165, 1.54) is 37.6 Å². The van der Waals surface area contributed by atoms with Crippen molar-refractivity contribution in [3.8, 4) is 17.0 Å². The van der Waals surface area contributed by atoms with Gasteiger partial charge in [-0.05, 0) is 29.3 Å². The van der Waals surface area contributed by atoms with E-state index in [-0.39, 0.29) is 5.56 Å². The lowest BCUT2D eigenvalue weighted by Crippen LogP contribution is -2.62. The molecule has 0 amide bonds. The van der Waals surface area contributed by atoms with E-state index >= 15 is 0 Å². The smallest absolute Gasteiger partial charge is 0.431 e. The first-order valence-corrected chi connectivity index (χ1v) is 10.5. The van der Waals surface area contributed by atoms with Crippen molar-refractivity contribution < 1.29 is 45.0 Å². The van der Waals surface area contributed by atoms with Crippen molar-refractivity contribution in [2.45, 2.75) is 30.4 Å². The number of ether oxygens (including phenoxy) is 1. The first-order chi connectivity index (χ1) is 17.3. The van der Waals surface area contributed by atoms with Crippen LogP contribution < -0.4 is 9.75 Å². The molecule has 0 radical (unpaired) electrons. The Labute approximate surface area is 204 Å². The molecular weight excluding hydrogens is 514 g/mol. The highest BCUT2D eigenvalue weighted by Gasteiger charge is 2.74. The van der Waals surface area contributed by atoms with Crippen LogP contribution in [0, 0.1) is 11.6 Å². The maximum atomic E-state index is 14.6. The van der Waals surface area contributed by atoms with Crippen LogP contribution >= 0.6 is 0 Å². The first kappa shape index (κ1) is 26.3. The van der Waals surface area contributed by atoms with Gasteiger partial charge in [-0.25, -0.2) is 13.8 Å². The number of nitrogens with zero attached hydrogens (tertiary/aromatic N) is 3. The average molecular weight is 531 g/mol. The highest BCUT2D eigenvalue weighted by Crippen LogP contribution is 2.49. The fourth-order valence-electron chi connectivity index (χ4n) is 3.94. The molecule has 0 bridgehead atoms. The Balaban J connectivity index is 1.77. The summed E-state index contributed by atoms with van der Waals surface area (Å²) in [6.07, 6.45) is -11.9. The van der Waals surface area contributed by atoms with Crippen molar-refractivity contribution in [3.05, 3.63) is 78.0 Å². The molecular formula is C24H17F8N3O2. The van der Waals surface area contributed by atoms with Gasteiger partial charge in [-0.1, -0.05) is 24.3 Å². The zero-order valence-electron chi connectivity index (χ0n) is 18.8. The largest absolute Gasteiger partial charge is 0.481 e. The summed E-state index contributed by atoms with van der Waals surface area (Å²) in [6, 6.07) is 9.83. The molecule has 2 aromatic carbocycles. The number of methoxy groups -OCH3 is 1. The lowest BCUT2D eigenvalue weighted by atomic mass is 9.89. The monoisotopic (exact) mass is 531 g/mol. The second-order valence-corrected chi connectivity index (χ2v) is 8.12. The minimum Gasteiger partial charge on any atom is -0.481 e. The van der Waals surface area contributed by atoms with E-state index in [0.29, 0.717) is 28.1 Å². The standard InChI is InChI=1S/C24H17F8N3O2/c1-37-21-9-6-15(12-33-21)13-2-4-14(5-3-13)19-11-20(22(36,23(27,28)29)24(30,31)32)34-35(19)18-8-7-16(25)10-17(18)26/h2-10,12,19,36H,11H2,1H3. The minimum atomic E-state index is -6.17. The fourth-order valence-corrected chi connectivity index (χ4v) is 3.94. The van der Waals surface area contributed by atoms with Gasteiger partial charge < -0.3 is 9.84 Å². The van der Waals surface area contributed by atoms with Crippen molar-refractivity contribution >= 4 is 11.4 Å². The van der Waals surface area contributed by atoms with Crippen molar-refractivity contribution in [1.29, 1.82) is 0 Å². The summed E-state index contributed by atoms with van der Waals surface area (Å²) in [5.41, 5.74) is -6.11. The van der Waals surface area contributed by atoms with Crippen LogP contribution in [0.25, 0.3) is 11.1 Å². The van der Waals surface area contributed by atoms with Crippen molar-refractivity contribution in [1.82, 2.24) is 4.98 Å². The third-order valence-corrected chi connectivity index (χ3v) is 5.88. The average Bonchev–Trinajstić information content (AvgIpc) is 3.27. The Kier molecular flexibility index (Phi) is 6.61. The predicted molar refractivity (Wildman–Crippen MR) is 117 cm³/mol. The van der Waals surface area contributed by atoms with Crippen LogP contribution in [0.5, 0.6) is 5.88 Å².